The Morgan fingerprint density at radius 1 is 1.16 bits per heavy atom. The first-order valence-corrected chi connectivity index (χ1v) is 8.10. The molecular formula is C19H23IN4O. The molecule has 6 heteroatoms. The molecule has 1 aliphatic heterocycles. The Balaban J connectivity index is 0.00000225. The average Bonchev–Trinajstić information content (AvgIpc) is 2.61. The van der Waals surface area contributed by atoms with Crippen LogP contribution in [0.2, 0.25) is 0 Å². The normalized spacial score (nSPS) is 13.6. The lowest BCUT2D eigenvalue weighted by Crippen LogP contribution is -2.38. The van der Waals surface area contributed by atoms with Crippen molar-refractivity contribution in [2.24, 2.45) is 10.7 Å². The molecule has 2 aromatic carbocycles. The smallest absolute Gasteiger partial charge is 0.244 e. The Morgan fingerprint density at radius 3 is 2.56 bits per heavy atom. The zero-order valence-corrected chi connectivity index (χ0v) is 16.6. The van der Waals surface area contributed by atoms with E-state index < -0.39 is 0 Å². The number of amides is 1. The molecule has 132 valence electrons. The van der Waals surface area contributed by atoms with E-state index in [1.165, 1.54) is 16.7 Å². The van der Waals surface area contributed by atoms with Crippen molar-refractivity contribution in [2.45, 2.75) is 19.9 Å². The van der Waals surface area contributed by atoms with E-state index in [4.69, 9.17) is 5.73 Å². The summed E-state index contributed by atoms with van der Waals surface area (Å²) in [5, 5.41) is 3.00. The number of nitrogens with zero attached hydrogens (tertiary/aromatic N) is 2. The summed E-state index contributed by atoms with van der Waals surface area (Å²) in [4.78, 5) is 18.3. The van der Waals surface area contributed by atoms with E-state index in [9.17, 15) is 4.79 Å². The number of aliphatic imine (C=N–C) groups is 1. The van der Waals surface area contributed by atoms with Gasteiger partial charge in [-0.15, -0.1) is 24.0 Å². The first kappa shape index (κ1) is 19.2. The molecule has 0 bridgehead atoms. The van der Waals surface area contributed by atoms with Crippen LogP contribution in [-0.2, 0) is 17.8 Å². The second-order valence-electron chi connectivity index (χ2n) is 6.03. The highest BCUT2D eigenvalue weighted by Crippen LogP contribution is 2.18. The maximum atomic E-state index is 12.3. The summed E-state index contributed by atoms with van der Waals surface area (Å²) in [5.74, 6) is 0.253. The molecule has 0 unspecified atom stereocenters. The van der Waals surface area contributed by atoms with E-state index in [0.717, 1.165) is 18.7 Å². The molecule has 0 aliphatic carbocycles. The van der Waals surface area contributed by atoms with Crippen LogP contribution in [0.5, 0.6) is 0 Å². The number of nitrogens with one attached hydrogen (secondary N) is 1. The third-order valence-corrected chi connectivity index (χ3v) is 4.19. The van der Waals surface area contributed by atoms with E-state index in [2.05, 4.69) is 22.4 Å². The molecule has 1 heterocycles. The summed E-state index contributed by atoms with van der Waals surface area (Å²) >= 11 is 0. The van der Waals surface area contributed by atoms with Gasteiger partial charge in [0.25, 0.3) is 0 Å². The summed E-state index contributed by atoms with van der Waals surface area (Å²) < 4.78 is 0. The third kappa shape index (κ3) is 5.19. The topological polar surface area (TPSA) is 70.7 Å². The Labute approximate surface area is 165 Å². The monoisotopic (exact) mass is 450 g/mol. The summed E-state index contributed by atoms with van der Waals surface area (Å²) in [6, 6.07) is 16.1. The van der Waals surface area contributed by atoms with Crippen LogP contribution in [0.15, 0.2) is 53.5 Å². The van der Waals surface area contributed by atoms with Gasteiger partial charge in [-0.3, -0.25) is 4.79 Å². The van der Waals surface area contributed by atoms with Crippen LogP contribution >= 0.6 is 24.0 Å². The third-order valence-electron chi connectivity index (χ3n) is 4.19. The van der Waals surface area contributed by atoms with Gasteiger partial charge in [0.2, 0.25) is 5.91 Å². The molecule has 2 aromatic rings. The first-order chi connectivity index (χ1) is 11.6. The van der Waals surface area contributed by atoms with Crippen molar-refractivity contribution in [3.05, 3.63) is 65.2 Å². The maximum absolute atomic E-state index is 12.3. The number of guanidine groups is 1. The first-order valence-electron chi connectivity index (χ1n) is 8.10. The number of halogens is 1. The van der Waals surface area contributed by atoms with Crippen LogP contribution in [0.1, 0.15) is 16.7 Å². The van der Waals surface area contributed by atoms with Gasteiger partial charge in [-0.25, -0.2) is 4.99 Å². The SMILES string of the molecule is Cc1ccc(NC(N)=NCC(=O)N2CCc3ccccc3C2)cc1.I. The fraction of sp³-hybridized carbons (Fsp3) is 0.263. The van der Waals surface area contributed by atoms with Crippen LogP contribution in [-0.4, -0.2) is 29.9 Å². The van der Waals surface area contributed by atoms with Crippen LogP contribution < -0.4 is 11.1 Å². The number of hydrogen-bond acceptors (Lipinski definition) is 2. The van der Waals surface area contributed by atoms with Crippen LogP contribution in [0, 0.1) is 6.92 Å². The van der Waals surface area contributed by atoms with Gasteiger partial charge in [0.1, 0.15) is 6.54 Å². The van der Waals surface area contributed by atoms with E-state index in [1.807, 2.05) is 48.2 Å². The molecule has 0 spiro atoms. The van der Waals surface area contributed by atoms with Crippen molar-refractivity contribution in [2.75, 3.05) is 18.4 Å². The Kier molecular flexibility index (Phi) is 6.81. The predicted molar refractivity (Wildman–Crippen MR) is 112 cm³/mol. The van der Waals surface area contributed by atoms with Crippen molar-refractivity contribution in [1.82, 2.24) is 4.90 Å². The molecule has 5 nitrogen and oxygen atoms in total. The highest BCUT2D eigenvalue weighted by molar-refractivity contribution is 14.0. The molecule has 0 saturated heterocycles. The van der Waals surface area contributed by atoms with Gasteiger partial charge in [0, 0.05) is 18.8 Å². The van der Waals surface area contributed by atoms with E-state index in [0.29, 0.717) is 6.54 Å². The highest BCUT2D eigenvalue weighted by Gasteiger charge is 2.19. The van der Waals surface area contributed by atoms with Crippen molar-refractivity contribution in [3.63, 3.8) is 0 Å². The average molecular weight is 450 g/mol. The zero-order chi connectivity index (χ0) is 16.9. The van der Waals surface area contributed by atoms with E-state index in [1.54, 1.807) is 0 Å². The molecule has 3 N–H and O–H groups in total. The van der Waals surface area contributed by atoms with Crippen molar-refractivity contribution in [3.8, 4) is 0 Å². The van der Waals surface area contributed by atoms with Gasteiger partial charge >= 0.3 is 0 Å². The molecule has 0 saturated carbocycles. The number of anilines is 1. The fourth-order valence-corrected chi connectivity index (χ4v) is 2.79. The lowest BCUT2D eigenvalue weighted by atomic mass is 10.00. The van der Waals surface area contributed by atoms with Crippen molar-refractivity contribution in [1.29, 1.82) is 0 Å². The van der Waals surface area contributed by atoms with Gasteiger partial charge < -0.3 is 16.0 Å². The standard InChI is InChI=1S/C19H22N4O.HI/c1-14-6-8-17(9-7-14)22-19(20)21-12-18(24)23-11-10-15-4-2-3-5-16(15)13-23;/h2-9H,10-13H2,1H3,(H3,20,21,22);1H. The highest BCUT2D eigenvalue weighted by atomic mass is 127. The predicted octanol–water partition coefficient (Wildman–Crippen LogP) is 2.92. The molecule has 3 rings (SSSR count). The number of rotatable bonds is 3. The molecule has 0 atom stereocenters. The molecule has 0 fully saturated rings. The van der Waals surface area contributed by atoms with Crippen LogP contribution in [0.3, 0.4) is 0 Å². The minimum atomic E-state index is -0.00170. The minimum Gasteiger partial charge on any atom is -0.370 e. The fourth-order valence-electron chi connectivity index (χ4n) is 2.79. The van der Waals surface area contributed by atoms with Crippen LogP contribution in [0.25, 0.3) is 0 Å². The number of hydrogen-bond donors (Lipinski definition) is 2. The molecule has 25 heavy (non-hydrogen) atoms. The van der Waals surface area contributed by atoms with Crippen molar-refractivity contribution < 1.29 is 4.79 Å². The lowest BCUT2D eigenvalue weighted by molar-refractivity contribution is -0.130. The summed E-state index contributed by atoms with van der Waals surface area (Å²) in [6.07, 6.45) is 0.892. The van der Waals surface area contributed by atoms with Gasteiger partial charge in [0.05, 0.1) is 0 Å². The second-order valence-corrected chi connectivity index (χ2v) is 6.03. The molecule has 0 radical (unpaired) electrons. The number of fused-ring (bicyclic) bond motifs is 1. The Bertz CT molecular complexity index is 758. The molecule has 1 aliphatic rings. The number of benzene rings is 2. The Morgan fingerprint density at radius 2 is 1.84 bits per heavy atom. The summed E-state index contributed by atoms with van der Waals surface area (Å²) in [5.41, 5.74) is 10.4. The van der Waals surface area contributed by atoms with Crippen molar-refractivity contribution >= 4 is 41.5 Å². The van der Waals surface area contributed by atoms with Crippen LogP contribution in [0.4, 0.5) is 5.69 Å². The van der Waals surface area contributed by atoms with Gasteiger partial charge in [-0.1, -0.05) is 42.0 Å². The summed E-state index contributed by atoms with van der Waals surface area (Å²) in [7, 11) is 0. The Hall–Kier alpha value is -2.09. The van der Waals surface area contributed by atoms with E-state index in [-0.39, 0.29) is 42.4 Å². The zero-order valence-electron chi connectivity index (χ0n) is 14.2. The van der Waals surface area contributed by atoms with Gasteiger partial charge in [-0.2, -0.15) is 0 Å². The molecule has 0 aromatic heterocycles. The molecular weight excluding hydrogens is 427 g/mol. The van der Waals surface area contributed by atoms with Gasteiger partial charge in [-0.05, 0) is 36.6 Å². The largest absolute Gasteiger partial charge is 0.370 e. The van der Waals surface area contributed by atoms with E-state index >= 15 is 0 Å². The minimum absolute atomic E-state index is 0. The summed E-state index contributed by atoms with van der Waals surface area (Å²) in [6.45, 7) is 3.47. The maximum Gasteiger partial charge on any atom is 0.244 e. The second kappa shape index (κ2) is 8.84. The number of aryl methyl sites for hydroxylation is 1. The lowest BCUT2D eigenvalue weighted by Gasteiger charge is -2.28. The number of nitrogens with two attached hydrogens (primary N) is 1. The quantitative estimate of drug-likeness (QED) is 0.429. The number of carbonyl (C=O) groups is 1. The number of carbonyl (C=O) groups excluding carboxylic acids is 1. The van der Waals surface area contributed by atoms with Gasteiger partial charge in [0.15, 0.2) is 5.96 Å². The molecule has 1 amide bonds.